The smallest absolute Gasteiger partial charge is 0.335 e. The molecule has 2 heterocycles. The van der Waals surface area contributed by atoms with Gasteiger partial charge in [0.1, 0.15) is 5.01 Å². The van der Waals surface area contributed by atoms with E-state index in [1.54, 1.807) is 23.5 Å². The first-order chi connectivity index (χ1) is 10.7. The van der Waals surface area contributed by atoms with Gasteiger partial charge in [-0.15, -0.1) is 11.3 Å². The summed E-state index contributed by atoms with van der Waals surface area (Å²) >= 11 is 1.54. The molecule has 0 atom stereocenters. The summed E-state index contributed by atoms with van der Waals surface area (Å²) in [4.78, 5) is 15.6. The SMILES string of the molecule is O=C(O)c1ccc(C2(c3nc(CO)cs3)CCOCC2)cc1. The molecule has 1 fully saturated rings. The Kier molecular flexibility index (Phi) is 4.24. The number of nitrogens with zero attached hydrogens (tertiary/aromatic N) is 1. The lowest BCUT2D eigenvalue weighted by Gasteiger charge is -2.36. The normalized spacial score (nSPS) is 17.3. The highest BCUT2D eigenvalue weighted by Gasteiger charge is 2.39. The second kappa shape index (κ2) is 6.16. The molecule has 2 aromatic rings. The van der Waals surface area contributed by atoms with Gasteiger partial charge in [-0.05, 0) is 30.5 Å². The van der Waals surface area contributed by atoms with Crippen LogP contribution in [0.2, 0.25) is 0 Å². The molecule has 3 rings (SSSR count). The van der Waals surface area contributed by atoms with Crippen molar-refractivity contribution in [1.82, 2.24) is 4.98 Å². The van der Waals surface area contributed by atoms with Gasteiger partial charge in [0.15, 0.2) is 0 Å². The molecule has 1 saturated heterocycles. The van der Waals surface area contributed by atoms with Gasteiger partial charge >= 0.3 is 5.97 Å². The second-order valence-corrected chi connectivity index (χ2v) is 6.24. The number of thiazole rings is 1. The number of carbonyl (C=O) groups is 1. The summed E-state index contributed by atoms with van der Waals surface area (Å²) in [6.45, 7) is 1.23. The van der Waals surface area contributed by atoms with E-state index in [1.807, 2.05) is 17.5 Å². The van der Waals surface area contributed by atoms with E-state index in [1.165, 1.54) is 0 Å². The molecule has 116 valence electrons. The molecule has 22 heavy (non-hydrogen) atoms. The molecule has 0 bridgehead atoms. The maximum Gasteiger partial charge on any atom is 0.335 e. The molecule has 6 heteroatoms. The summed E-state index contributed by atoms with van der Waals surface area (Å²) in [5.41, 5.74) is 1.75. The summed E-state index contributed by atoms with van der Waals surface area (Å²) in [5.74, 6) is -0.926. The Morgan fingerprint density at radius 1 is 1.27 bits per heavy atom. The number of carboxylic acid groups (broad SMARTS) is 1. The van der Waals surface area contributed by atoms with Gasteiger partial charge in [0.2, 0.25) is 0 Å². The number of ether oxygens (including phenoxy) is 1. The van der Waals surface area contributed by atoms with Crippen molar-refractivity contribution in [2.24, 2.45) is 0 Å². The summed E-state index contributed by atoms with van der Waals surface area (Å²) in [5, 5.41) is 21.1. The van der Waals surface area contributed by atoms with Crippen molar-refractivity contribution >= 4 is 17.3 Å². The quantitative estimate of drug-likeness (QED) is 0.905. The fraction of sp³-hybridized carbons (Fsp3) is 0.375. The molecule has 0 saturated carbocycles. The summed E-state index contributed by atoms with van der Waals surface area (Å²) in [6.07, 6.45) is 1.61. The van der Waals surface area contributed by atoms with Gasteiger partial charge < -0.3 is 14.9 Å². The van der Waals surface area contributed by atoms with E-state index in [0.29, 0.717) is 18.9 Å². The van der Waals surface area contributed by atoms with Crippen molar-refractivity contribution in [1.29, 1.82) is 0 Å². The van der Waals surface area contributed by atoms with Gasteiger partial charge in [-0.2, -0.15) is 0 Å². The highest BCUT2D eigenvalue weighted by molar-refractivity contribution is 7.09. The molecule has 1 aliphatic heterocycles. The van der Waals surface area contributed by atoms with Crippen LogP contribution in [0.15, 0.2) is 29.6 Å². The maximum atomic E-state index is 11.0. The predicted molar refractivity (Wildman–Crippen MR) is 82.3 cm³/mol. The van der Waals surface area contributed by atoms with Gasteiger partial charge in [0.05, 0.1) is 23.3 Å². The monoisotopic (exact) mass is 319 g/mol. The summed E-state index contributed by atoms with van der Waals surface area (Å²) < 4.78 is 5.50. The van der Waals surface area contributed by atoms with E-state index in [-0.39, 0.29) is 17.6 Å². The highest BCUT2D eigenvalue weighted by Crippen LogP contribution is 2.42. The minimum atomic E-state index is -0.926. The largest absolute Gasteiger partial charge is 0.478 e. The highest BCUT2D eigenvalue weighted by atomic mass is 32.1. The van der Waals surface area contributed by atoms with E-state index < -0.39 is 5.97 Å². The molecule has 0 amide bonds. The fourth-order valence-electron chi connectivity index (χ4n) is 2.88. The molecule has 0 radical (unpaired) electrons. The molecule has 5 nitrogen and oxygen atoms in total. The van der Waals surface area contributed by atoms with Crippen LogP contribution >= 0.6 is 11.3 Å². The van der Waals surface area contributed by atoms with Gasteiger partial charge in [-0.25, -0.2) is 9.78 Å². The van der Waals surface area contributed by atoms with Gasteiger partial charge in [0, 0.05) is 18.6 Å². The zero-order valence-corrected chi connectivity index (χ0v) is 12.8. The minimum Gasteiger partial charge on any atom is -0.478 e. The third kappa shape index (κ3) is 2.65. The Hall–Kier alpha value is -1.76. The Morgan fingerprint density at radius 3 is 2.50 bits per heavy atom. The van der Waals surface area contributed by atoms with Crippen LogP contribution in [0.25, 0.3) is 0 Å². The van der Waals surface area contributed by atoms with Crippen LogP contribution in [0.4, 0.5) is 0 Å². The first-order valence-corrected chi connectivity index (χ1v) is 8.01. The molecule has 2 N–H and O–H groups in total. The van der Waals surface area contributed by atoms with Crippen LogP contribution < -0.4 is 0 Å². The lowest BCUT2D eigenvalue weighted by molar-refractivity contribution is 0.0628. The lowest BCUT2D eigenvalue weighted by atomic mass is 9.74. The minimum absolute atomic E-state index is 0.0684. The molecule has 0 aliphatic carbocycles. The second-order valence-electron chi connectivity index (χ2n) is 5.38. The van der Waals surface area contributed by atoms with Crippen molar-refractivity contribution in [3.63, 3.8) is 0 Å². The maximum absolute atomic E-state index is 11.0. The summed E-state index contributed by atoms with van der Waals surface area (Å²) in [7, 11) is 0. The van der Waals surface area contributed by atoms with Crippen molar-refractivity contribution in [2.45, 2.75) is 24.9 Å². The number of aliphatic hydroxyl groups excluding tert-OH is 1. The number of hydrogen-bond acceptors (Lipinski definition) is 5. The Morgan fingerprint density at radius 2 is 1.95 bits per heavy atom. The average molecular weight is 319 g/mol. The van der Waals surface area contributed by atoms with E-state index in [2.05, 4.69) is 4.98 Å². The molecule has 1 aliphatic rings. The molecule has 0 spiro atoms. The van der Waals surface area contributed by atoms with Crippen molar-refractivity contribution in [3.8, 4) is 0 Å². The van der Waals surface area contributed by atoms with E-state index in [4.69, 9.17) is 9.84 Å². The number of rotatable bonds is 4. The molecular weight excluding hydrogens is 302 g/mol. The van der Waals surface area contributed by atoms with E-state index in [0.717, 1.165) is 23.4 Å². The predicted octanol–water partition coefficient (Wildman–Crippen LogP) is 2.43. The first kappa shape index (κ1) is 15.1. The third-order valence-corrected chi connectivity index (χ3v) is 5.25. The average Bonchev–Trinajstić information content (AvgIpc) is 3.05. The van der Waals surface area contributed by atoms with Crippen LogP contribution in [0.5, 0.6) is 0 Å². The van der Waals surface area contributed by atoms with Gasteiger partial charge in [-0.3, -0.25) is 0 Å². The number of benzene rings is 1. The van der Waals surface area contributed by atoms with Crippen LogP contribution in [0, 0.1) is 0 Å². The molecule has 1 aromatic carbocycles. The Bertz CT molecular complexity index is 659. The molecule has 0 unspecified atom stereocenters. The van der Waals surface area contributed by atoms with Crippen LogP contribution in [0.3, 0.4) is 0 Å². The topological polar surface area (TPSA) is 79.7 Å². The molecule has 1 aromatic heterocycles. The van der Waals surface area contributed by atoms with Crippen molar-refractivity contribution in [3.05, 3.63) is 51.5 Å². The van der Waals surface area contributed by atoms with Crippen molar-refractivity contribution < 1.29 is 19.7 Å². The number of aromatic nitrogens is 1. The number of hydrogen-bond donors (Lipinski definition) is 2. The van der Waals surface area contributed by atoms with Crippen LogP contribution in [-0.2, 0) is 16.8 Å². The van der Waals surface area contributed by atoms with Crippen molar-refractivity contribution in [2.75, 3.05) is 13.2 Å². The standard InChI is InChI=1S/C16H17NO4S/c18-9-13-10-22-15(17-13)16(5-7-21-8-6-16)12-3-1-11(2-4-12)14(19)20/h1-4,10,18H,5-9H2,(H,19,20). The van der Waals surface area contributed by atoms with E-state index >= 15 is 0 Å². The third-order valence-electron chi connectivity index (χ3n) is 4.15. The van der Waals surface area contributed by atoms with Crippen LogP contribution in [-0.4, -0.2) is 34.4 Å². The number of aliphatic hydroxyl groups is 1. The Balaban J connectivity index is 2.03. The van der Waals surface area contributed by atoms with Gasteiger partial charge in [-0.1, -0.05) is 12.1 Å². The van der Waals surface area contributed by atoms with E-state index in [9.17, 15) is 9.90 Å². The number of carboxylic acids is 1. The molecular formula is C16H17NO4S. The van der Waals surface area contributed by atoms with Crippen LogP contribution in [0.1, 0.15) is 39.5 Å². The zero-order valence-electron chi connectivity index (χ0n) is 12.0. The zero-order chi connectivity index (χ0) is 15.6. The lowest BCUT2D eigenvalue weighted by Crippen LogP contribution is -2.35. The fourth-order valence-corrected chi connectivity index (χ4v) is 3.97. The Labute approximate surface area is 132 Å². The summed E-state index contributed by atoms with van der Waals surface area (Å²) in [6, 6.07) is 7.01. The number of aromatic carboxylic acids is 1. The van der Waals surface area contributed by atoms with Gasteiger partial charge in [0.25, 0.3) is 0 Å². The first-order valence-electron chi connectivity index (χ1n) is 7.13.